The van der Waals surface area contributed by atoms with E-state index in [2.05, 4.69) is 9.97 Å². The van der Waals surface area contributed by atoms with Gasteiger partial charge in [0.2, 0.25) is 0 Å². The summed E-state index contributed by atoms with van der Waals surface area (Å²) in [6, 6.07) is 3.39. The molecule has 0 saturated heterocycles. The standard InChI is InChI=1S/C15H14F2N2O/c16-10-5-6-12(17)9(8-10)4-7-14-18-13-3-1-2-11(13)15(20)19-14/h5-6,8H,1-4,7H2,(H,18,19,20). The van der Waals surface area contributed by atoms with Crippen LogP contribution in [0.5, 0.6) is 0 Å². The first-order valence-electron chi connectivity index (χ1n) is 6.68. The zero-order chi connectivity index (χ0) is 14.1. The van der Waals surface area contributed by atoms with Gasteiger partial charge in [0, 0.05) is 17.7 Å². The van der Waals surface area contributed by atoms with Crippen LogP contribution in [0, 0.1) is 11.6 Å². The highest BCUT2D eigenvalue weighted by atomic mass is 19.1. The van der Waals surface area contributed by atoms with Crippen molar-refractivity contribution in [1.29, 1.82) is 0 Å². The van der Waals surface area contributed by atoms with Crippen molar-refractivity contribution in [2.75, 3.05) is 0 Å². The Morgan fingerprint density at radius 1 is 1.20 bits per heavy atom. The summed E-state index contributed by atoms with van der Waals surface area (Å²) >= 11 is 0. The van der Waals surface area contributed by atoms with Crippen LogP contribution in [0.2, 0.25) is 0 Å². The molecule has 0 bridgehead atoms. The molecule has 104 valence electrons. The molecule has 5 heteroatoms. The number of aromatic amines is 1. The second-order valence-corrected chi connectivity index (χ2v) is 5.04. The molecule has 3 nitrogen and oxygen atoms in total. The van der Waals surface area contributed by atoms with Gasteiger partial charge in [-0.2, -0.15) is 4.98 Å². The summed E-state index contributed by atoms with van der Waals surface area (Å²) in [4.78, 5) is 18.9. The molecule has 0 atom stereocenters. The van der Waals surface area contributed by atoms with Crippen LogP contribution in [-0.2, 0) is 25.7 Å². The summed E-state index contributed by atoms with van der Waals surface area (Å²) in [6.45, 7) is 0. The van der Waals surface area contributed by atoms with Crippen molar-refractivity contribution in [3.63, 3.8) is 0 Å². The molecule has 0 fully saturated rings. The van der Waals surface area contributed by atoms with Gasteiger partial charge in [-0.25, -0.2) is 8.78 Å². The Bertz CT molecular complexity index is 710. The van der Waals surface area contributed by atoms with Crippen molar-refractivity contribution >= 4 is 0 Å². The maximum Gasteiger partial charge on any atom is 0.276 e. The Balaban J connectivity index is 1.81. The van der Waals surface area contributed by atoms with Gasteiger partial charge in [0.15, 0.2) is 0 Å². The van der Waals surface area contributed by atoms with Crippen LogP contribution in [0.1, 0.15) is 29.1 Å². The normalized spacial score (nSPS) is 13.5. The third-order valence-corrected chi connectivity index (χ3v) is 3.65. The third kappa shape index (κ3) is 2.48. The molecule has 1 aromatic carbocycles. The van der Waals surface area contributed by atoms with Crippen molar-refractivity contribution in [3.05, 3.63) is 62.8 Å². The molecule has 0 unspecified atom stereocenters. The van der Waals surface area contributed by atoms with E-state index in [1.807, 2.05) is 0 Å². The zero-order valence-corrected chi connectivity index (χ0v) is 10.9. The molecule has 0 spiro atoms. The number of H-pyrrole nitrogens is 1. The highest BCUT2D eigenvalue weighted by Gasteiger charge is 2.16. The van der Waals surface area contributed by atoms with Gasteiger partial charge in [0.1, 0.15) is 17.5 Å². The van der Waals surface area contributed by atoms with Crippen LogP contribution in [0.15, 0.2) is 23.0 Å². The zero-order valence-electron chi connectivity index (χ0n) is 10.9. The number of hydrogen-bond donors (Lipinski definition) is 1. The molecule has 1 N–H and O–H groups in total. The molecule has 3 rings (SSSR count). The van der Waals surface area contributed by atoms with Gasteiger partial charge in [0.25, 0.3) is 5.56 Å². The van der Waals surface area contributed by atoms with E-state index in [4.69, 9.17) is 0 Å². The van der Waals surface area contributed by atoms with Crippen molar-refractivity contribution in [2.24, 2.45) is 0 Å². The summed E-state index contributed by atoms with van der Waals surface area (Å²) < 4.78 is 26.6. The fourth-order valence-corrected chi connectivity index (χ4v) is 2.62. The minimum Gasteiger partial charge on any atom is -0.347 e. The lowest BCUT2D eigenvalue weighted by molar-refractivity contribution is 0.583. The minimum atomic E-state index is -0.461. The summed E-state index contributed by atoms with van der Waals surface area (Å²) in [5, 5.41) is 0. The molecule has 1 aliphatic carbocycles. The fourth-order valence-electron chi connectivity index (χ4n) is 2.62. The van der Waals surface area contributed by atoms with Gasteiger partial charge in [0.05, 0.1) is 0 Å². The number of benzene rings is 1. The van der Waals surface area contributed by atoms with Gasteiger partial charge >= 0.3 is 0 Å². The lowest BCUT2D eigenvalue weighted by Gasteiger charge is -2.06. The molecule has 2 aromatic rings. The van der Waals surface area contributed by atoms with Crippen molar-refractivity contribution in [3.8, 4) is 0 Å². The number of halogens is 2. The Morgan fingerprint density at radius 3 is 2.90 bits per heavy atom. The fraction of sp³-hybridized carbons (Fsp3) is 0.333. The predicted molar refractivity (Wildman–Crippen MR) is 70.6 cm³/mol. The van der Waals surface area contributed by atoms with Crippen molar-refractivity contribution in [1.82, 2.24) is 9.97 Å². The van der Waals surface area contributed by atoms with Crippen LogP contribution in [0.4, 0.5) is 8.78 Å². The quantitative estimate of drug-likeness (QED) is 0.935. The van der Waals surface area contributed by atoms with Crippen LogP contribution in [0.3, 0.4) is 0 Å². The Labute approximate surface area is 114 Å². The largest absolute Gasteiger partial charge is 0.347 e. The first kappa shape index (κ1) is 13.0. The molecule has 20 heavy (non-hydrogen) atoms. The number of aryl methyl sites for hydroxylation is 3. The first-order valence-corrected chi connectivity index (χ1v) is 6.68. The van der Waals surface area contributed by atoms with E-state index in [-0.39, 0.29) is 5.56 Å². The van der Waals surface area contributed by atoms with Crippen LogP contribution in [0.25, 0.3) is 0 Å². The van der Waals surface area contributed by atoms with Crippen molar-refractivity contribution in [2.45, 2.75) is 32.1 Å². The molecule has 0 aliphatic heterocycles. The van der Waals surface area contributed by atoms with Gasteiger partial charge in [-0.1, -0.05) is 0 Å². The van der Waals surface area contributed by atoms with Gasteiger partial charge in [-0.3, -0.25) is 4.79 Å². The van der Waals surface area contributed by atoms with E-state index in [0.29, 0.717) is 24.2 Å². The van der Waals surface area contributed by atoms with Crippen LogP contribution >= 0.6 is 0 Å². The maximum atomic E-state index is 13.5. The Hall–Kier alpha value is -2.04. The topological polar surface area (TPSA) is 45.8 Å². The molecular formula is C15H14F2N2O. The van der Waals surface area contributed by atoms with E-state index in [9.17, 15) is 13.6 Å². The highest BCUT2D eigenvalue weighted by molar-refractivity contribution is 5.24. The van der Waals surface area contributed by atoms with Crippen molar-refractivity contribution < 1.29 is 8.78 Å². The van der Waals surface area contributed by atoms with Crippen LogP contribution < -0.4 is 5.56 Å². The minimum absolute atomic E-state index is 0.189. The number of nitrogens with zero attached hydrogens (tertiary/aromatic N) is 1. The average Bonchev–Trinajstić information content (AvgIpc) is 2.89. The Kier molecular flexibility index (Phi) is 3.34. The summed E-state index contributed by atoms with van der Waals surface area (Å²) in [6.07, 6.45) is 3.30. The monoisotopic (exact) mass is 276 g/mol. The van der Waals surface area contributed by atoms with Gasteiger partial charge in [-0.15, -0.1) is 0 Å². The maximum absolute atomic E-state index is 13.5. The SMILES string of the molecule is O=c1nc(CCc2cc(F)ccc2F)[nH]c2c1CCC2. The molecular weight excluding hydrogens is 262 g/mol. The summed E-state index contributed by atoms with van der Waals surface area (Å²) in [7, 11) is 0. The summed E-state index contributed by atoms with van der Waals surface area (Å²) in [5.41, 5.74) is 1.82. The predicted octanol–water partition coefficient (Wildman–Crippen LogP) is 2.32. The van der Waals surface area contributed by atoms with E-state index in [1.165, 1.54) is 6.07 Å². The van der Waals surface area contributed by atoms with E-state index >= 15 is 0 Å². The lowest BCUT2D eigenvalue weighted by atomic mass is 10.1. The molecule has 1 aromatic heterocycles. The van der Waals surface area contributed by atoms with Gasteiger partial charge < -0.3 is 4.98 Å². The van der Waals surface area contributed by atoms with E-state index < -0.39 is 11.6 Å². The third-order valence-electron chi connectivity index (χ3n) is 3.65. The molecule has 0 saturated carbocycles. The average molecular weight is 276 g/mol. The molecule has 1 aliphatic rings. The second kappa shape index (κ2) is 5.15. The second-order valence-electron chi connectivity index (χ2n) is 5.04. The number of aromatic nitrogens is 2. The van der Waals surface area contributed by atoms with E-state index in [0.717, 1.165) is 42.7 Å². The number of fused-ring (bicyclic) bond motifs is 1. The lowest BCUT2D eigenvalue weighted by Crippen LogP contribution is -2.17. The van der Waals surface area contributed by atoms with Gasteiger partial charge in [-0.05, 0) is 49.4 Å². The number of hydrogen-bond acceptors (Lipinski definition) is 2. The highest BCUT2D eigenvalue weighted by Crippen LogP contribution is 2.16. The number of nitrogens with one attached hydrogen (secondary N) is 1. The smallest absolute Gasteiger partial charge is 0.276 e. The number of rotatable bonds is 3. The summed E-state index contributed by atoms with van der Waals surface area (Å²) in [5.74, 6) is -0.356. The first-order chi connectivity index (χ1) is 9.63. The molecule has 1 heterocycles. The Morgan fingerprint density at radius 2 is 2.05 bits per heavy atom. The van der Waals surface area contributed by atoms with Crippen LogP contribution in [-0.4, -0.2) is 9.97 Å². The molecule has 0 radical (unpaired) electrons. The molecule has 0 amide bonds. The van der Waals surface area contributed by atoms with E-state index in [1.54, 1.807) is 0 Å².